The molecule has 28 heavy (non-hydrogen) atoms. The summed E-state index contributed by atoms with van der Waals surface area (Å²) in [6.07, 6.45) is 0. The Bertz CT molecular complexity index is 1200. The highest BCUT2D eigenvalue weighted by molar-refractivity contribution is 8.00. The van der Waals surface area contributed by atoms with Gasteiger partial charge in [-0.05, 0) is 18.2 Å². The second kappa shape index (κ2) is 7.74. The van der Waals surface area contributed by atoms with Gasteiger partial charge in [-0.25, -0.2) is 0 Å². The number of ketones is 1. The van der Waals surface area contributed by atoms with Gasteiger partial charge in [0.1, 0.15) is 5.03 Å². The van der Waals surface area contributed by atoms with Crippen molar-refractivity contribution in [3.63, 3.8) is 0 Å². The molecule has 0 amide bonds. The first-order valence-corrected chi connectivity index (χ1v) is 9.78. The number of benzene rings is 3. The molecule has 0 aliphatic carbocycles. The van der Waals surface area contributed by atoms with Crippen molar-refractivity contribution in [3.05, 3.63) is 101 Å². The zero-order valence-electron chi connectivity index (χ0n) is 14.9. The summed E-state index contributed by atoms with van der Waals surface area (Å²) in [5, 5.41) is 12.2. The first kappa shape index (κ1) is 18.1. The Balaban J connectivity index is 1.83. The SMILES string of the molecule is O=C(CSc1c(O)c2ccccc2c(=O)n1-c1ccccc1)c1ccccc1. The maximum atomic E-state index is 13.2. The summed E-state index contributed by atoms with van der Waals surface area (Å²) in [5.41, 5.74) is 1.02. The number of aromatic nitrogens is 1. The number of hydrogen-bond acceptors (Lipinski definition) is 4. The van der Waals surface area contributed by atoms with Crippen LogP contribution >= 0.6 is 11.8 Å². The molecule has 0 fully saturated rings. The largest absolute Gasteiger partial charge is 0.505 e. The third-order valence-corrected chi connectivity index (χ3v) is 5.53. The minimum Gasteiger partial charge on any atom is -0.505 e. The molecule has 138 valence electrons. The van der Waals surface area contributed by atoms with E-state index in [-0.39, 0.29) is 22.8 Å². The van der Waals surface area contributed by atoms with Crippen molar-refractivity contribution in [1.82, 2.24) is 4.57 Å². The molecule has 3 aromatic carbocycles. The molecule has 0 spiro atoms. The Morgan fingerprint density at radius 2 is 1.39 bits per heavy atom. The van der Waals surface area contributed by atoms with Crippen molar-refractivity contribution in [3.8, 4) is 11.4 Å². The van der Waals surface area contributed by atoms with Crippen LogP contribution in [0.4, 0.5) is 0 Å². The highest BCUT2D eigenvalue weighted by Crippen LogP contribution is 2.35. The second-order valence-electron chi connectivity index (χ2n) is 6.25. The third-order valence-electron chi connectivity index (χ3n) is 4.47. The van der Waals surface area contributed by atoms with E-state index in [0.717, 1.165) is 11.8 Å². The highest BCUT2D eigenvalue weighted by atomic mass is 32.2. The summed E-state index contributed by atoms with van der Waals surface area (Å²) in [7, 11) is 0. The van der Waals surface area contributed by atoms with Crippen LogP contribution in [0.15, 0.2) is 94.7 Å². The van der Waals surface area contributed by atoms with Gasteiger partial charge < -0.3 is 5.11 Å². The number of fused-ring (bicyclic) bond motifs is 1. The van der Waals surface area contributed by atoms with Crippen LogP contribution in [0.1, 0.15) is 10.4 Å². The number of rotatable bonds is 5. The normalized spacial score (nSPS) is 10.9. The molecule has 0 aliphatic rings. The fourth-order valence-electron chi connectivity index (χ4n) is 3.10. The van der Waals surface area contributed by atoms with E-state index in [0.29, 0.717) is 27.0 Å². The van der Waals surface area contributed by atoms with Crippen LogP contribution in [0.5, 0.6) is 5.75 Å². The molecule has 4 nitrogen and oxygen atoms in total. The molecule has 5 heteroatoms. The molecule has 1 aromatic heterocycles. The lowest BCUT2D eigenvalue weighted by Crippen LogP contribution is -2.21. The van der Waals surface area contributed by atoms with Crippen molar-refractivity contribution in [1.29, 1.82) is 0 Å². The molecule has 0 aliphatic heterocycles. The van der Waals surface area contributed by atoms with E-state index in [1.807, 2.05) is 36.4 Å². The zero-order chi connectivity index (χ0) is 19.5. The van der Waals surface area contributed by atoms with Crippen LogP contribution in [0.2, 0.25) is 0 Å². The van der Waals surface area contributed by atoms with Gasteiger partial charge in [0.2, 0.25) is 0 Å². The lowest BCUT2D eigenvalue weighted by Gasteiger charge is -2.16. The third kappa shape index (κ3) is 3.32. The molecular weight excluding hydrogens is 370 g/mol. The number of nitrogens with zero attached hydrogens (tertiary/aromatic N) is 1. The van der Waals surface area contributed by atoms with Gasteiger partial charge in [0.05, 0.1) is 11.1 Å². The predicted octanol–water partition coefficient (Wildman–Crippen LogP) is 4.67. The standard InChI is InChI=1S/C23H17NO3S/c25-20(16-9-3-1-4-10-16)15-28-23-21(26)18-13-7-8-14-19(18)22(27)24(23)17-11-5-2-6-12-17/h1-14,26H,15H2. The number of pyridine rings is 1. The summed E-state index contributed by atoms with van der Waals surface area (Å²) in [6, 6.07) is 25.1. The Morgan fingerprint density at radius 1 is 0.821 bits per heavy atom. The molecule has 4 rings (SSSR count). The van der Waals surface area contributed by atoms with Gasteiger partial charge >= 0.3 is 0 Å². The van der Waals surface area contributed by atoms with Gasteiger partial charge in [-0.2, -0.15) is 0 Å². The molecular formula is C23H17NO3S. The topological polar surface area (TPSA) is 59.3 Å². The molecule has 4 aromatic rings. The van der Waals surface area contributed by atoms with Crippen molar-refractivity contribution < 1.29 is 9.90 Å². The summed E-state index contributed by atoms with van der Waals surface area (Å²) >= 11 is 1.16. The van der Waals surface area contributed by atoms with E-state index < -0.39 is 0 Å². The molecule has 0 radical (unpaired) electrons. The van der Waals surface area contributed by atoms with Crippen molar-refractivity contribution >= 4 is 28.3 Å². The van der Waals surface area contributed by atoms with Crippen molar-refractivity contribution in [2.75, 3.05) is 5.75 Å². The average Bonchev–Trinajstić information content (AvgIpc) is 2.76. The summed E-state index contributed by atoms with van der Waals surface area (Å²) in [4.78, 5) is 25.7. The number of carbonyl (C=O) groups excluding carboxylic acids is 1. The van der Waals surface area contributed by atoms with Crippen LogP contribution in [-0.4, -0.2) is 21.2 Å². The molecule has 0 saturated heterocycles. The second-order valence-corrected chi connectivity index (χ2v) is 7.22. The van der Waals surface area contributed by atoms with Crippen molar-refractivity contribution in [2.45, 2.75) is 5.03 Å². The average molecular weight is 387 g/mol. The van der Waals surface area contributed by atoms with E-state index in [2.05, 4.69) is 0 Å². The van der Waals surface area contributed by atoms with Gasteiger partial charge in [0.25, 0.3) is 5.56 Å². The lowest BCUT2D eigenvalue weighted by atomic mass is 10.1. The van der Waals surface area contributed by atoms with E-state index in [9.17, 15) is 14.7 Å². The maximum absolute atomic E-state index is 13.2. The Labute approximate surface area is 166 Å². The van der Waals surface area contributed by atoms with E-state index in [1.54, 1.807) is 48.5 Å². The molecule has 0 bridgehead atoms. The lowest BCUT2D eigenvalue weighted by molar-refractivity contribution is 0.102. The minimum atomic E-state index is -0.228. The Kier molecular flexibility index (Phi) is 5.00. The van der Waals surface area contributed by atoms with Crippen LogP contribution in [0.25, 0.3) is 16.5 Å². The van der Waals surface area contributed by atoms with Gasteiger partial charge in [-0.15, -0.1) is 0 Å². The fraction of sp³-hybridized carbons (Fsp3) is 0.0435. The minimum absolute atomic E-state index is 0.00455. The zero-order valence-corrected chi connectivity index (χ0v) is 15.7. The van der Waals surface area contributed by atoms with E-state index in [4.69, 9.17) is 0 Å². The van der Waals surface area contributed by atoms with Gasteiger partial charge in [0.15, 0.2) is 11.5 Å². The van der Waals surface area contributed by atoms with Gasteiger partial charge in [-0.1, -0.05) is 78.5 Å². The summed E-state index contributed by atoms with van der Waals surface area (Å²) < 4.78 is 1.47. The monoisotopic (exact) mass is 387 g/mol. The molecule has 0 unspecified atom stereocenters. The Morgan fingerprint density at radius 3 is 2.07 bits per heavy atom. The quantitative estimate of drug-likeness (QED) is 0.399. The molecule has 0 atom stereocenters. The van der Waals surface area contributed by atoms with Gasteiger partial charge in [0, 0.05) is 16.6 Å². The van der Waals surface area contributed by atoms with Crippen LogP contribution in [0, 0.1) is 0 Å². The van der Waals surface area contributed by atoms with Crippen LogP contribution < -0.4 is 5.56 Å². The van der Waals surface area contributed by atoms with Crippen molar-refractivity contribution in [2.24, 2.45) is 0 Å². The first-order chi connectivity index (χ1) is 13.7. The van der Waals surface area contributed by atoms with E-state index in [1.165, 1.54) is 4.57 Å². The number of thioether (sulfide) groups is 1. The van der Waals surface area contributed by atoms with Crippen LogP contribution in [-0.2, 0) is 0 Å². The first-order valence-electron chi connectivity index (χ1n) is 8.80. The molecule has 0 saturated carbocycles. The van der Waals surface area contributed by atoms with Gasteiger partial charge in [-0.3, -0.25) is 14.2 Å². The summed E-state index contributed by atoms with van der Waals surface area (Å²) in [5.74, 6) is 0.0532. The van der Waals surface area contributed by atoms with E-state index >= 15 is 0 Å². The number of para-hydroxylation sites is 1. The summed E-state index contributed by atoms with van der Waals surface area (Å²) in [6.45, 7) is 0. The maximum Gasteiger partial charge on any atom is 0.264 e. The number of Topliss-reactive ketones (excluding diaryl/α,β-unsaturated/α-hetero) is 1. The smallest absolute Gasteiger partial charge is 0.264 e. The Hall–Kier alpha value is -3.31. The highest BCUT2D eigenvalue weighted by Gasteiger charge is 2.19. The molecule has 1 N–H and O–H groups in total. The number of aromatic hydroxyl groups is 1. The fourth-order valence-corrected chi connectivity index (χ4v) is 4.09. The van der Waals surface area contributed by atoms with Crippen LogP contribution in [0.3, 0.4) is 0 Å². The number of hydrogen-bond donors (Lipinski definition) is 1. The molecule has 1 heterocycles. The predicted molar refractivity (Wildman–Crippen MR) is 113 cm³/mol. The number of carbonyl (C=O) groups is 1.